The van der Waals surface area contributed by atoms with Crippen molar-refractivity contribution in [3.8, 4) is 0 Å². The highest BCUT2D eigenvalue weighted by atomic mass is 32.1. The molecule has 0 bridgehead atoms. The zero-order chi connectivity index (χ0) is 7.56. The summed E-state index contributed by atoms with van der Waals surface area (Å²) in [5.41, 5.74) is 1.24. The third-order valence-corrected chi connectivity index (χ3v) is 1.47. The van der Waals surface area contributed by atoms with Crippen molar-refractivity contribution in [2.75, 3.05) is 0 Å². The van der Waals surface area contributed by atoms with Gasteiger partial charge in [0.15, 0.2) is 0 Å². The van der Waals surface area contributed by atoms with E-state index in [-0.39, 0.29) is 0 Å². The second-order valence-electron chi connectivity index (χ2n) is 1.58. The molecule has 56 valence electrons. The van der Waals surface area contributed by atoms with Crippen molar-refractivity contribution < 1.29 is 8.78 Å². The van der Waals surface area contributed by atoms with Crippen molar-refractivity contribution in [1.29, 1.82) is 0 Å². The Hall–Kier alpha value is -0.780. The molecule has 0 radical (unpaired) electrons. The van der Waals surface area contributed by atoms with E-state index >= 15 is 0 Å². The van der Waals surface area contributed by atoms with E-state index < -0.39 is 17.8 Å². The molecule has 1 aromatic heterocycles. The number of hydrogen-bond donors (Lipinski definition) is 0. The topological polar surface area (TPSA) is 34.9 Å². The Kier molecular flexibility index (Phi) is 2.10. The lowest BCUT2D eigenvalue weighted by Gasteiger charge is -1.94. The van der Waals surface area contributed by atoms with Gasteiger partial charge in [-0.3, -0.25) is 4.79 Å². The van der Waals surface area contributed by atoms with Crippen LogP contribution in [0.3, 0.4) is 0 Å². The van der Waals surface area contributed by atoms with Crippen LogP contribution in [0.1, 0.15) is 0 Å². The quantitative estimate of drug-likeness (QED) is 0.643. The third kappa shape index (κ3) is 1.60. The van der Waals surface area contributed by atoms with Crippen LogP contribution in [-0.4, -0.2) is 16.2 Å². The largest absolute Gasteiger partial charge is 0.324 e. The first-order valence-corrected chi connectivity index (χ1v) is 3.37. The van der Waals surface area contributed by atoms with Crippen LogP contribution in [0, 0.1) is 0 Å². The van der Waals surface area contributed by atoms with Gasteiger partial charge in [0, 0.05) is 0 Å². The standard InChI is InChI=1S/C4H4F2N2OS/c5-3(6)1-8-4(9)10-2-7-8/h2-3H,1H2. The summed E-state index contributed by atoms with van der Waals surface area (Å²) in [5.74, 6) is 0. The number of aromatic nitrogens is 2. The first kappa shape index (κ1) is 7.33. The maximum Gasteiger partial charge on any atom is 0.324 e. The fraction of sp³-hybridized carbons (Fsp3) is 0.500. The van der Waals surface area contributed by atoms with E-state index in [0.29, 0.717) is 0 Å². The molecule has 0 saturated heterocycles. The van der Waals surface area contributed by atoms with Crippen LogP contribution in [0.2, 0.25) is 0 Å². The summed E-state index contributed by atoms with van der Waals surface area (Å²) in [7, 11) is 0. The summed E-state index contributed by atoms with van der Waals surface area (Å²) in [4.78, 5) is 10.1. The molecule has 0 saturated carbocycles. The molecular formula is C4H4F2N2OS. The van der Waals surface area contributed by atoms with Crippen LogP contribution >= 0.6 is 11.3 Å². The molecule has 10 heavy (non-hydrogen) atoms. The number of hydrogen-bond acceptors (Lipinski definition) is 3. The molecule has 0 unspecified atom stereocenters. The Bertz CT molecular complexity index is 256. The molecule has 1 heterocycles. The van der Waals surface area contributed by atoms with E-state index in [0.717, 1.165) is 16.0 Å². The lowest BCUT2D eigenvalue weighted by molar-refractivity contribution is 0.120. The molecule has 6 heteroatoms. The first-order valence-electron chi connectivity index (χ1n) is 2.49. The molecule has 0 aromatic carbocycles. The summed E-state index contributed by atoms with van der Waals surface area (Å²) in [5, 5.41) is 3.40. The normalized spacial score (nSPS) is 10.7. The van der Waals surface area contributed by atoms with Crippen LogP contribution in [-0.2, 0) is 6.54 Å². The highest BCUT2D eigenvalue weighted by molar-refractivity contribution is 7.06. The van der Waals surface area contributed by atoms with Gasteiger partial charge >= 0.3 is 4.87 Å². The highest BCUT2D eigenvalue weighted by Crippen LogP contribution is 1.94. The molecule has 3 nitrogen and oxygen atoms in total. The van der Waals surface area contributed by atoms with Crippen molar-refractivity contribution >= 4 is 11.3 Å². The van der Waals surface area contributed by atoms with Gasteiger partial charge in [-0.1, -0.05) is 11.3 Å². The van der Waals surface area contributed by atoms with Crippen molar-refractivity contribution in [3.05, 3.63) is 15.2 Å². The summed E-state index contributed by atoms with van der Waals surface area (Å²) >= 11 is 0.809. The Morgan fingerprint density at radius 2 is 2.50 bits per heavy atom. The van der Waals surface area contributed by atoms with Crippen LogP contribution in [0.4, 0.5) is 8.78 Å². The van der Waals surface area contributed by atoms with Crippen molar-refractivity contribution in [3.63, 3.8) is 0 Å². The Morgan fingerprint density at radius 3 is 2.90 bits per heavy atom. The van der Waals surface area contributed by atoms with Gasteiger partial charge in [-0.05, 0) is 0 Å². The smallest absolute Gasteiger partial charge is 0.255 e. The van der Waals surface area contributed by atoms with Gasteiger partial charge in [-0.2, -0.15) is 5.10 Å². The molecule has 0 amide bonds. The molecule has 1 aromatic rings. The van der Waals surface area contributed by atoms with Gasteiger partial charge in [0.2, 0.25) is 0 Å². The van der Waals surface area contributed by atoms with Crippen LogP contribution in [0.15, 0.2) is 10.3 Å². The zero-order valence-electron chi connectivity index (χ0n) is 4.83. The molecule has 0 atom stereocenters. The molecule has 0 fully saturated rings. The summed E-state index contributed by atoms with van der Waals surface area (Å²) in [6.07, 6.45) is -2.51. The molecule has 0 aliphatic heterocycles. The highest BCUT2D eigenvalue weighted by Gasteiger charge is 2.06. The van der Waals surface area contributed by atoms with Crippen molar-refractivity contribution in [2.24, 2.45) is 0 Å². The maximum atomic E-state index is 11.6. The van der Waals surface area contributed by atoms with Gasteiger partial charge in [-0.25, -0.2) is 13.5 Å². The van der Waals surface area contributed by atoms with E-state index in [1.165, 1.54) is 5.51 Å². The minimum atomic E-state index is -2.51. The molecule has 0 N–H and O–H groups in total. The average Bonchev–Trinajstić information content (AvgIpc) is 2.15. The van der Waals surface area contributed by atoms with E-state index in [9.17, 15) is 13.6 Å². The van der Waals surface area contributed by atoms with Gasteiger partial charge in [0.05, 0.1) is 0 Å². The monoisotopic (exact) mass is 166 g/mol. The van der Waals surface area contributed by atoms with Gasteiger partial charge in [-0.15, -0.1) is 0 Å². The second kappa shape index (κ2) is 2.87. The number of halogens is 2. The Morgan fingerprint density at radius 1 is 1.80 bits per heavy atom. The lowest BCUT2D eigenvalue weighted by Crippen LogP contribution is -2.18. The average molecular weight is 166 g/mol. The summed E-state index contributed by atoms with van der Waals surface area (Å²) < 4.78 is 23.9. The van der Waals surface area contributed by atoms with Crippen molar-refractivity contribution in [1.82, 2.24) is 9.78 Å². The fourth-order valence-electron chi connectivity index (χ4n) is 0.486. The summed E-state index contributed by atoms with van der Waals surface area (Å²) in [6.45, 7) is -0.609. The van der Waals surface area contributed by atoms with E-state index in [4.69, 9.17) is 0 Å². The van der Waals surface area contributed by atoms with Gasteiger partial charge in [0.1, 0.15) is 12.1 Å². The van der Waals surface area contributed by atoms with E-state index in [2.05, 4.69) is 5.10 Å². The summed E-state index contributed by atoms with van der Waals surface area (Å²) in [6, 6.07) is 0. The molecule has 1 rings (SSSR count). The molecular weight excluding hydrogens is 162 g/mol. The van der Waals surface area contributed by atoms with E-state index in [1.54, 1.807) is 0 Å². The molecule has 0 aliphatic rings. The minimum absolute atomic E-state index is 0.444. The SMILES string of the molecule is O=c1scnn1CC(F)F. The van der Waals surface area contributed by atoms with Crippen LogP contribution in [0.5, 0.6) is 0 Å². The molecule has 0 spiro atoms. The van der Waals surface area contributed by atoms with Crippen LogP contribution in [0.25, 0.3) is 0 Å². The molecule has 0 aliphatic carbocycles. The number of rotatable bonds is 2. The van der Waals surface area contributed by atoms with Gasteiger partial charge in [0.25, 0.3) is 6.43 Å². The van der Waals surface area contributed by atoms with Crippen molar-refractivity contribution in [2.45, 2.75) is 13.0 Å². The maximum absolute atomic E-state index is 11.6. The second-order valence-corrected chi connectivity index (χ2v) is 2.37. The lowest BCUT2D eigenvalue weighted by atomic mass is 10.7. The zero-order valence-corrected chi connectivity index (χ0v) is 5.65. The first-order chi connectivity index (χ1) is 4.70. The fourth-order valence-corrected chi connectivity index (χ4v) is 0.980. The van der Waals surface area contributed by atoms with E-state index in [1.807, 2.05) is 0 Å². The van der Waals surface area contributed by atoms with Gasteiger partial charge < -0.3 is 0 Å². The predicted octanol–water partition coefficient (Wildman–Crippen LogP) is 0.570. The third-order valence-electron chi connectivity index (χ3n) is 0.862. The van der Waals surface area contributed by atoms with Crippen LogP contribution < -0.4 is 4.87 Å². The predicted molar refractivity (Wildman–Crippen MR) is 32.4 cm³/mol. The number of nitrogens with zero attached hydrogens (tertiary/aromatic N) is 2. The Balaban J connectivity index is 2.75. The minimum Gasteiger partial charge on any atom is -0.255 e. The number of alkyl halides is 2. The Labute approximate surface area is 58.9 Å².